The zero-order chi connectivity index (χ0) is 17.9. The SMILES string of the molecule is COCN1CCS/C(=C\c2cc(C(C)C)c(O)c(C(C)C)c2)C1=O. The van der Waals surface area contributed by atoms with Gasteiger partial charge in [0, 0.05) is 19.4 Å². The third-order valence-corrected chi connectivity index (χ3v) is 5.12. The summed E-state index contributed by atoms with van der Waals surface area (Å²) >= 11 is 1.58. The number of thioether (sulfide) groups is 1. The Balaban J connectivity index is 2.42. The summed E-state index contributed by atoms with van der Waals surface area (Å²) in [7, 11) is 1.60. The number of hydrogen-bond acceptors (Lipinski definition) is 4. The molecule has 0 bridgehead atoms. The highest BCUT2D eigenvalue weighted by Gasteiger charge is 2.24. The number of amides is 1. The number of ether oxygens (including phenoxy) is 1. The lowest BCUT2D eigenvalue weighted by Gasteiger charge is -2.27. The molecule has 0 saturated carbocycles. The summed E-state index contributed by atoms with van der Waals surface area (Å²) in [6, 6.07) is 3.98. The van der Waals surface area contributed by atoms with Crippen LogP contribution >= 0.6 is 11.8 Å². The van der Waals surface area contributed by atoms with Crippen LogP contribution in [0.1, 0.15) is 56.2 Å². The lowest BCUT2D eigenvalue weighted by Crippen LogP contribution is -2.38. The van der Waals surface area contributed by atoms with E-state index < -0.39 is 0 Å². The fourth-order valence-corrected chi connectivity index (χ4v) is 3.79. The minimum Gasteiger partial charge on any atom is -0.507 e. The van der Waals surface area contributed by atoms with Crippen molar-refractivity contribution in [3.8, 4) is 5.75 Å². The van der Waals surface area contributed by atoms with Crippen LogP contribution < -0.4 is 0 Å². The molecule has 0 radical (unpaired) electrons. The average Bonchev–Trinajstić information content (AvgIpc) is 2.52. The fourth-order valence-electron chi connectivity index (χ4n) is 2.79. The molecule has 24 heavy (non-hydrogen) atoms. The molecule has 1 fully saturated rings. The van der Waals surface area contributed by atoms with E-state index in [4.69, 9.17) is 4.74 Å². The zero-order valence-corrected chi connectivity index (χ0v) is 15.9. The number of carbonyl (C=O) groups excluding carboxylic acids is 1. The molecule has 2 rings (SSSR count). The Kier molecular flexibility index (Phi) is 6.35. The summed E-state index contributed by atoms with van der Waals surface area (Å²) < 4.78 is 5.10. The van der Waals surface area contributed by atoms with Crippen LogP contribution in [0.4, 0.5) is 0 Å². The van der Waals surface area contributed by atoms with E-state index in [2.05, 4.69) is 27.7 Å². The molecule has 1 amide bonds. The van der Waals surface area contributed by atoms with Crippen molar-refractivity contribution < 1.29 is 14.6 Å². The van der Waals surface area contributed by atoms with E-state index in [1.807, 2.05) is 18.2 Å². The quantitative estimate of drug-likeness (QED) is 0.811. The Morgan fingerprint density at radius 3 is 2.33 bits per heavy atom. The van der Waals surface area contributed by atoms with E-state index >= 15 is 0 Å². The zero-order valence-electron chi connectivity index (χ0n) is 15.1. The minimum atomic E-state index is 0.0124. The minimum absolute atomic E-state index is 0.0124. The number of rotatable bonds is 5. The summed E-state index contributed by atoms with van der Waals surface area (Å²) in [5.74, 6) is 1.71. The van der Waals surface area contributed by atoms with Crippen LogP contribution in [0.15, 0.2) is 17.0 Å². The Morgan fingerprint density at radius 1 is 1.25 bits per heavy atom. The maximum absolute atomic E-state index is 12.5. The van der Waals surface area contributed by atoms with Crippen LogP contribution in [0.2, 0.25) is 0 Å². The molecule has 0 aromatic heterocycles. The molecule has 1 aromatic rings. The second-order valence-corrected chi connectivity index (χ2v) is 7.84. The second kappa shape index (κ2) is 8.08. The molecule has 1 aliphatic rings. The number of phenols is 1. The first kappa shape index (κ1) is 18.9. The van der Waals surface area contributed by atoms with E-state index in [0.29, 0.717) is 19.0 Å². The lowest BCUT2D eigenvalue weighted by atomic mass is 9.91. The number of nitrogens with zero attached hydrogens (tertiary/aromatic N) is 1. The monoisotopic (exact) mass is 349 g/mol. The van der Waals surface area contributed by atoms with E-state index in [1.165, 1.54) is 0 Å². The number of hydrogen-bond donors (Lipinski definition) is 1. The molecule has 1 aliphatic heterocycles. The van der Waals surface area contributed by atoms with Gasteiger partial charge in [-0.05, 0) is 46.7 Å². The van der Waals surface area contributed by atoms with Crippen molar-refractivity contribution in [3.63, 3.8) is 0 Å². The van der Waals surface area contributed by atoms with E-state index in [0.717, 1.165) is 27.3 Å². The van der Waals surface area contributed by atoms with Gasteiger partial charge in [0.25, 0.3) is 5.91 Å². The van der Waals surface area contributed by atoms with E-state index in [9.17, 15) is 9.90 Å². The summed E-state index contributed by atoms with van der Waals surface area (Å²) in [6.45, 7) is 9.29. The van der Waals surface area contributed by atoms with Crippen molar-refractivity contribution in [3.05, 3.63) is 33.7 Å². The summed E-state index contributed by atoms with van der Waals surface area (Å²) in [4.78, 5) is 15.0. The van der Waals surface area contributed by atoms with E-state index in [1.54, 1.807) is 23.8 Å². The number of methoxy groups -OCH3 is 1. The predicted molar refractivity (Wildman–Crippen MR) is 100 cm³/mol. The maximum Gasteiger partial charge on any atom is 0.262 e. The Hall–Kier alpha value is -1.46. The van der Waals surface area contributed by atoms with Crippen molar-refractivity contribution in [1.82, 2.24) is 4.90 Å². The molecule has 1 N–H and O–H groups in total. The van der Waals surface area contributed by atoms with Crippen molar-refractivity contribution >= 4 is 23.7 Å². The average molecular weight is 349 g/mol. The number of carbonyl (C=O) groups is 1. The van der Waals surface area contributed by atoms with Crippen molar-refractivity contribution in [2.75, 3.05) is 26.1 Å². The first-order valence-electron chi connectivity index (χ1n) is 8.34. The molecule has 4 nitrogen and oxygen atoms in total. The predicted octanol–water partition coefficient (Wildman–Crippen LogP) is 4.16. The van der Waals surface area contributed by atoms with Crippen LogP contribution in [0.5, 0.6) is 5.75 Å². The molecule has 5 heteroatoms. The number of benzene rings is 1. The molecule has 132 valence electrons. The fraction of sp³-hybridized carbons (Fsp3) is 0.526. The summed E-state index contributed by atoms with van der Waals surface area (Å²) in [5, 5.41) is 10.5. The number of phenolic OH excluding ortho intramolecular Hbond substituents is 1. The first-order chi connectivity index (χ1) is 11.3. The van der Waals surface area contributed by atoms with Crippen molar-refractivity contribution in [1.29, 1.82) is 0 Å². The van der Waals surface area contributed by atoms with Crippen molar-refractivity contribution in [2.24, 2.45) is 0 Å². The van der Waals surface area contributed by atoms with Gasteiger partial charge in [-0.15, -0.1) is 11.8 Å². The molecule has 1 heterocycles. The van der Waals surface area contributed by atoms with Gasteiger partial charge in [-0.3, -0.25) is 4.79 Å². The lowest BCUT2D eigenvalue weighted by molar-refractivity contribution is -0.130. The highest BCUT2D eigenvalue weighted by atomic mass is 32.2. The van der Waals surface area contributed by atoms with Gasteiger partial charge in [0.2, 0.25) is 0 Å². The van der Waals surface area contributed by atoms with Crippen LogP contribution in [-0.2, 0) is 9.53 Å². The van der Waals surface area contributed by atoms with Gasteiger partial charge in [0.05, 0.1) is 4.91 Å². The molecule has 1 saturated heterocycles. The van der Waals surface area contributed by atoms with Crippen LogP contribution in [-0.4, -0.2) is 42.1 Å². The molecule has 0 spiro atoms. The third kappa shape index (κ3) is 4.14. The smallest absolute Gasteiger partial charge is 0.262 e. The van der Waals surface area contributed by atoms with Crippen LogP contribution in [0, 0.1) is 0 Å². The second-order valence-electron chi connectivity index (χ2n) is 6.70. The topological polar surface area (TPSA) is 49.8 Å². The highest BCUT2D eigenvalue weighted by molar-refractivity contribution is 8.04. The van der Waals surface area contributed by atoms with Gasteiger partial charge < -0.3 is 14.7 Å². The summed E-state index contributed by atoms with van der Waals surface area (Å²) in [6.07, 6.45) is 1.94. The van der Waals surface area contributed by atoms with Gasteiger partial charge in [-0.1, -0.05) is 27.7 Å². The molecule has 1 aromatic carbocycles. The maximum atomic E-state index is 12.5. The van der Waals surface area contributed by atoms with E-state index in [-0.39, 0.29) is 17.7 Å². The highest BCUT2D eigenvalue weighted by Crippen LogP contribution is 2.36. The van der Waals surface area contributed by atoms with Gasteiger partial charge in [-0.2, -0.15) is 0 Å². The van der Waals surface area contributed by atoms with Gasteiger partial charge >= 0.3 is 0 Å². The Labute approximate surface area is 148 Å². The molecule has 0 aliphatic carbocycles. The molecular weight excluding hydrogens is 322 g/mol. The molecular formula is C19H27NO3S. The Morgan fingerprint density at radius 2 is 1.83 bits per heavy atom. The van der Waals surface area contributed by atoms with Crippen LogP contribution in [0.25, 0.3) is 6.08 Å². The molecule has 0 atom stereocenters. The van der Waals surface area contributed by atoms with Crippen LogP contribution in [0.3, 0.4) is 0 Å². The largest absolute Gasteiger partial charge is 0.507 e. The van der Waals surface area contributed by atoms with Gasteiger partial charge in [0.1, 0.15) is 12.5 Å². The molecule has 0 unspecified atom stereocenters. The van der Waals surface area contributed by atoms with Gasteiger partial charge in [0.15, 0.2) is 0 Å². The summed E-state index contributed by atoms with van der Waals surface area (Å²) in [5.41, 5.74) is 2.82. The van der Waals surface area contributed by atoms with Crippen molar-refractivity contribution in [2.45, 2.75) is 39.5 Å². The number of aromatic hydroxyl groups is 1. The first-order valence-corrected chi connectivity index (χ1v) is 9.33. The van der Waals surface area contributed by atoms with Gasteiger partial charge in [-0.25, -0.2) is 0 Å². The standard InChI is InChI=1S/C19H27NO3S/c1-12(2)15-8-14(9-16(13(3)4)18(15)21)10-17-19(22)20(11-23-5)6-7-24-17/h8-10,12-13,21H,6-7,11H2,1-5H3/b17-10-. The Bertz CT molecular complexity index is 606. The normalized spacial score (nSPS) is 17.4. The third-order valence-electron chi connectivity index (χ3n) is 4.13.